The molecule has 0 aliphatic heterocycles. The highest BCUT2D eigenvalue weighted by molar-refractivity contribution is 8.00. The molecule has 0 saturated heterocycles. The summed E-state index contributed by atoms with van der Waals surface area (Å²) in [4.78, 5) is 12.4. The number of rotatable bonds is 5. The predicted molar refractivity (Wildman–Crippen MR) is 96.4 cm³/mol. The van der Waals surface area contributed by atoms with Gasteiger partial charge in [0.25, 0.3) is 0 Å². The zero-order valence-electron chi connectivity index (χ0n) is 13.8. The molecule has 0 radical (unpaired) electrons. The van der Waals surface area contributed by atoms with E-state index in [1.54, 1.807) is 49.4 Å². The molecule has 0 aliphatic rings. The van der Waals surface area contributed by atoms with Crippen LogP contribution in [0.5, 0.6) is 0 Å². The number of nitriles is 1. The van der Waals surface area contributed by atoms with Gasteiger partial charge in [0.2, 0.25) is 5.91 Å². The lowest BCUT2D eigenvalue weighted by Gasteiger charge is -2.13. The monoisotopic (exact) mass is 367 g/mol. The van der Waals surface area contributed by atoms with Crippen LogP contribution in [0.1, 0.15) is 12.5 Å². The first-order chi connectivity index (χ1) is 12.6. The minimum Gasteiger partial charge on any atom is -0.325 e. The number of aromatic nitrogens is 3. The van der Waals surface area contributed by atoms with Crippen molar-refractivity contribution in [3.8, 4) is 11.8 Å². The molecule has 130 valence electrons. The van der Waals surface area contributed by atoms with Crippen molar-refractivity contribution in [3.63, 3.8) is 0 Å². The first-order valence-corrected chi connectivity index (χ1v) is 8.59. The summed E-state index contributed by atoms with van der Waals surface area (Å²) in [5.74, 6) is -0.659. The molecule has 0 saturated carbocycles. The molecule has 26 heavy (non-hydrogen) atoms. The number of hydrogen-bond donors (Lipinski definition) is 1. The number of nitrogens with zero attached hydrogens (tertiary/aromatic N) is 4. The topological polar surface area (TPSA) is 83.6 Å². The summed E-state index contributed by atoms with van der Waals surface area (Å²) in [6.45, 7) is 1.72. The molecule has 1 aromatic heterocycles. The van der Waals surface area contributed by atoms with Gasteiger partial charge in [-0.1, -0.05) is 30.0 Å². The fourth-order valence-corrected chi connectivity index (χ4v) is 3.07. The lowest BCUT2D eigenvalue weighted by Crippen LogP contribution is -2.22. The summed E-state index contributed by atoms with van der Waals surface area (Å²) in [6.07, 6.45) is 1.40. The molecule has 0 fully saturated rings. The van der Waals surface area contributed by atoms with Gasteiger partial charge < -0.3 is 5.32 Å². The largest absolute Gasteiger partial charge is 0.325 e. The maximum absolute atomic E-state index is 14.0. The van der Waals surface area contributed by atoms with E-state index in [0.29, 0.717) is 22.1 Å². The maximum Gasteiger partial charge on any atom is 0.237 e. The molecule has 0 unspecified atom stereocenters. The summed E-state index contributed by atoms with van der Waals surface area (Å²) in [5, 5.41) is 19.4. The van der Waals surface area contributed by atoms with Crippen molar-refractivity contribution < 1.29 is 9.18 Å². The second kappa shape index (κ2) is 7.80. The van der Waals surface area contributed by atoms with Crippen LogP contribution in [-0.2, 0) is 4.79 Å². The Morgan fingerprint density at radius 2 is 2.12 bits per heavy atom. The number of nitrogens with one attached hydrogen (secondary N) is 1. The Morgan fingerprint density at radius 1 is 1.31 bits per heavy atom. The normalized spacial score (nSPS) is 11.6. The van der Waals surface area contributed by atoms with Crippen LogP contribution < -0.4 is 5.32 Å². The van der Waals surface area contributed by atoms with Gasteiger partial charge in [0.1, 0.15) is 12.1 Å². The summed E-state index contributed by atoms with van der Waals surface area (Å²) in [6, 6.07) is 15.0. The van der Waals surface area contributed by atoms with Gasteiger partial charge in [-0.15, -0.1) is 10.2 Å². The van der Waals surface area contributed by atoms with E-state index in [1.165, 1.54) is 17.0 Å². The summed E-state index contributed by atoms with van der Waals surface area (Å²) in [5.41, 5.74) is 1.31. The van der Waals surface area contributed by atoms with Crippen molar-refractivity contribution in [1.82, 2.24) is 14.8 Å². The van der Waals surface area contributed by atoms with Gasteiger partial charge in [-0.25, -0.2) is 4.39 Å². The standard InChI is InChI=1S/C18H14FN5OS/c1-12(17(25)22-14-6-4-5-13(9-14)10-20)26-18-23-21-11-24(18)16-8-3-2-7-15(16)19/h2-9,11-12H,1H3,(H,22,25)/t12-/m0/s1. The third kappa shape index (κ3) is 3.90. The van der Waals surface area contributed by atoms with E-state index in [-0.39, 0.29) is 5.91 Å². The maximum atomic E-state index is 14.0. The van der Waals surface area contributed by atoms with Crippen LogP contribution in [0.15, 0.2) is 60.0 Å². The van der Waals surface area contributed by atoms with Crippen LogP contribution in [0.3, 0.4) is 0 Å². The molecule has 0 spiro atoms. The van der Waals surface area contributed by atoms with Crippen LogP contribution in [0.2, 0.25) is 0 Å². The molecule has 1 heterocycles. The van der Waals surface area contributed by atoms with Crippen molar-refractivity contribution >= 4 is 23.4 Å². The fraction of sp³-hybridized carbons (Fsp3) is 0.111. The van der Waals surface area contributed by atoms with Gasteiger partial charge >= 0.3 is 0 Å². The van der Waals surface area contributed by atoms with Gasteiger partial charge in [0, 0.05) is 5.69 Å². The van der Waals surface area contributed by atoms with E-state index in [1.807, 2.05) is 6.07 Å². The highest BCUT2D eigenvalue weighted by atomic mass is 32.2. The molecule has 1 amide bonds. The van der Waals surface area contributed by atoms with E-state index in [9.17, 15) is 9.18 Å². The highest BCUT2D eigenvalue weighted by Crippen LogP contribution is 2.25. The van der Waals surface area contributed by atoms with Crippen LogP contribution in [0.25, 0.3) is 5.69 Å². The Balaban J connectivity index is 1.73. The van der Waals surface area contributed by atoms with E-state index in [4.69, 9.17) is 5.26 Å². The van der Waals surface area contributed by atoms with E-state index in [2.05, 4.69) is 15.5 Å². The number of carbonyl (C=O) groups is 1. The minimum absolute atomic E-state index is 0.256. The van der Waals surface area contributed by atoms with Crippen LogP contribution in [-0.4, -0.2) is 25.9 Å². The Morgan fingerprint density at radius 3 is 2.88 bits per heavy atom. The predicted octanol–water partition coefficient (Wildman–Crippen LogP) is 3.40. The Kier molecular flexibility index (Phi) is 5.29. The average Bonchev–Trinajstić information content (AvgIpc) is 3.10. The van der Waals surface area contributed by atoms with Crippen LogP contribution in [0.4, 0.5) is 10.1 Å². The lowest BCUT2D eigenvalue weighted by atomic mass is 10.2. The molecule has 1 atom stereocenters. The summed E-state index contributed by atoms with van der Waals surface area (Å²) >= 11 is 1.16. The third-order valence-electron chi connectivity index (χ3n) is 3.54. The highest BCUT2D eigenvalue weighted by Gasteiger charge is 2.19. The molecule has 0 bridgehead atoms. The Hall–Kier alpha value is -3.18. The van der Waals surface area contributed by atoms with Crippen molar-refractivity contribution in [2.45, 2.75) is 17.3 Å². The van der Waals surface area contributed by atoms with Crippen molar-refractivity contribution in [2.75, 3.05) is 5.32 Å². The van der Waals surface area contributed by atoms with Crippen molar-refractivity contribution in [3.05, 3.63) is 66.2 Å². The van der Waals surface area contributed by atoms with Crippen LogP contribution >= 0.6 is 11.8 Å². The van der Waals surface area contributed by atoms with Crippen LogP contribution in [0, 0.1) is 17.1 Å². The van der Waals surface area contributed by atoms with Crippen molar-refractivity contribution in [2.24, 2.45) is 0 Å². The third-order valence-corrected chi connectivity index (χ3v) is 4.60. The summed E-state index contributed by atoms with van der Waals surface area (Å²) in [7, 11) is 0. The average molecular weight is 367 g/mol. The Labute approximate surface area is 153 Å². The molecule has 3 rings (SSSR count). The molecule has 0 aliphatic carbocycles. The van der Waals surface area contributed by atoms with Gasteiger partial charge in [0.15, 0.2) is 5.16 Å². The number of amides is 1. The summed E-state index contributed by atoms with van der Waals surface area (Å²) < 4.78 is 15.5. The number of para-hydroxylation sites is 1. The Bertz CT molecular complexity index is 981. The smallest absolute Gasteiger partial charge is 0.237 e. The second-order valence-corrected chi connectivity index (χ2v) is 6.68. The fourth-order valence-electron chi connectivity index (χ4n) is 2.24. The quantitative estimate of drug-likeness (QED) is 0.699. The number of halogens is 1. The van der Waals surface area contributed by atoms with Gasteiger partial charge in [-0.2, -0.15) is 5.26 Å². The van der Waals surface area contributed by atoms with Gasteiger partial charge in [-0.05, 0) is 37.3 Å². The number of anilines is 1. The van der Waals surface area contributed by atoms with Crippen molar-refractivity contribution in [1.29, 1.82) is 5.26 Å². The number of carbonyl (C=O) groups excluding carboxylic acids is 1. The molecular weight excluding hydrogens is 353 g/mol. The molecular formula is C18H14FN5OS. The zero-order chi connectivity index (χ0) is 18.5. The van der Waals surface area contributed by atoms with E-state index < -0.39 is 11.1 Å². The number of thioether (sulfide) groups is 1. The first kappa shape index (κ1) is 17.6. The number of hydrogen-bond acceptors (Lipinski definition) is 5. The van der Waals surface area contributed by atoms with E-state index in [0.717, 1.165) is 11.8 Å². The van der Waals surface area contributed by atoms with Gasteiger partial charge in [-0.3, -0.25) is 9.36 Å². The first-order valence-electron chi connectivity index (χ1n) is 7.71. The molecule has 6 nitrogen and oxygen atoms in total. The second-order valence-electron chi connectivity index (χ2n) is 5.38. The molecule has 3 aromatic rings. The lowest BCUT2D eigenvalue weighted by molar-refractivity contribution is -0.115. The molecule has 8 heteroatoms. The minimum atomic E-state index is -0.504. The molecule has 1 N–H and O–H groups in total. The molecule has 2 aromatic carbocycles. The number of benzene rings is 2. The van der Waals surface area contributed by atoms with Gasteiger partial charge in [0.05, 0.1) is 22.6 Å². The zero-order valence-corrected chi connectivity index (χ0v) is 14.6. The van der Waals surface area contributed by atoms with E-state index >= 15 is 0 Å². The SMILES string of the molecule is C[C@H](Sc1nncn1-c1ccccc1F)C(=O)Nc1cccc(C#N)c1.